The second-order valence-corrected chi connectivity index (χ2v) is 6.29. The van der Waals surface area contributed by atoms with Gasteiger partial charge in [-0.3, -0.25) is 9.59 Å². The van der Waals surface area contributed by atoms with Crippen LogP contribution in [-0.4, -0.2) is 23.8 Å². The van der Waals surface area contributed by atoms with Gasteiger partial charge in [0.25, 0.3) is 5.91 Å². The van der Waals surface area contributed by atoms with Gasteiger partial charge in [0.15, 0.2) is 0 Å². The zero-order valence-electron chi connectivity index (χ0n) is 15.7. The molecule has 0 atom stereocenters. The molecule has 2 amide bonds. The molecular weight excluding hydrogens is 352 g/mol. The molecule has 0 aliphatic heterocycles. The van der Waals surface area contributed by atoms with Gasteiger partial charge in [0.2, 0.25) is 5.91 Å². The Balaban J connectivity index is 1.72. The van der Waals surface area contributed by atoms with Crippen LogP contribution in [0.5, 0.6) is 0 Å². The molecule has 0 aliphatic rings. The van der Waals surface area contributed by atoms with E-state index in [0.29, 0.717) is 18.7 Å². The molecule has 0 saturated carbocycles. The highest BCUT2D eigenvalue weighted by Gasteiger charge is 2.13. The van der Waals surface area contributed by atoms with E-state index in [2.05, 4.69) is 5.32 Å². The lowest BCUT2D eigenvalue weighted by Gasteiger charge is -2.20. The standard InChI is InChI=1S/C23H22N2O3/c1-24-23(27)20-12-9-18(10-13-20)11-14-22(26)25(17-21-8-5-15-28-21)16-19-6-3-2-4-7-19/h2-15H,16-17H2,1H3,(H,24,27)/b14-11+. The van der Waals surface area contributed by atoms with Crippen LogP contribution in [0.4, 0.5) is 0 Å². The Bertz CT molecular complexity index is 930. The summed E-state index contributed by atoms with van der Waals surface area (Å²) in [5.74, 6) is 0.474. The van der Waals surface area contributed by atoms with Crippen LogP contribution >= 0.6 is 0 Å². The lowest BCUT2D eigenvalue weighted by Crippen LogP contribution is -2.28. The molecule has 1 N–H and O–H groups in total. The molecule has 1 aromatic heterocycles. The van der Waals surface area contributed by atoms with Gasteiger partial charge in [-0.15, -0.1) is 0 Å². The lowest BCUT2D eigenvalue weighted by molar-refractivity contribution is -0.127. The van der Waals surface area contributed by atoms with Crippen molar-refractivity contribution >= 4 is 17.9 Å². The van der Waals surface area contributed by atoms with Gasteiger partial charge < -0.3 is 14.6 Å². The average molecular weight is 374 g/mol. The number of hydrogen-bond acceptors (Lipinski definition) is 3. The number of amides is 2. The Hall–Kier alpha value is -3.60. The maximum absolute atomic E-state index is 12.8. The van der Waals surface area contributed by atoms with Gasteiger partial charge in [0.1, 0.15) is 5.76 Å². The maximum atomic E-state index is 12.8. The number of nitrogens with zero attached hydrogens (tertiary/aromatic N) is 1. The summed E-state index contributed by atoms with van der Waals surface area (Å²) in [7, 11) is 1.59. The van der Waals surface area contributed by atoms with Crippen LogP contribution in [0.25, 0.3) is 6.08 Å². The number of hydrogen-bond donors (Lipinski definition) is 1. The summed E-state index contributed by atoms with van der Waals surface area (Å²) < 4.78 is 5.40. The van der Waals surface area contributed by atoms with Crippen molar-refractivity contribution in [2.45, 2.75) is 13.1 Å². The van der Waals surface area contributed by atoms with Crippen molar-refractivity contribution in [2.24, 2.45) is 0 Å². The van der Waals surface area contributed by atoms with Gasteiger partial charge >= 0.3 is 0 Å². The van der Waals surface area contributed by atoms with Gasteiger partial charge in [-0.05, 0) is 41.5 Å². The minimum atomic E-state index is -0.140. The fourth-order valence-electron chi connectivity index (χ4n) is 2.77. The first-order chi connectivity index (χ1) is 13.7. The van der Waals surface area contributed by atoms with Crippen molar-refractivity contribution < 1.29 is 14.0 Å². The van der Waals surface area contributed by atoms with E-state index >= 15 is 0 Å². The van der Waals surface area contributed by atoms with Crippen molar-refractivity contribution in [3.8, 4) is 0 Å². The fraction of sp³-hybridized carbons (Fsp3) is 0.130. The normalized spacial score (nSPS) is 10.8. The smallest absolute Gasteiger partial charge is 0.251 e. The summed E-state index contributed by atoms with van der Waals surface area (Å²) >= 11 is 0. The first-order valence-electron chi connectivity index (χ1n) is 9.01. The third kappa shape index (κ3) is 5.20. The quantitative estimate of drug-likeness (QED) is 0.639. The van der Waals surface area contributed by atoms with Crippen LogP contribution in [0.2, 0.25) is 0 Å². The molecule has 0 unspecified atom stereocenters. The Morgan fingerprint density at radius 2 is 1.71 bits per heavy atom. The molecule has 0 spiro atoms. The second-order valence-electron chi connectivity index (χ2n) is 6.29. The number of rotatable bonds is 7. The highest BCUT2D eigenvalue weighted by Crippen LogP contribution is 2.13. The fourth-order valence-corrected chi connectivity index (χ4v) is 2.77. The van der Waals surface area contributed by atoms with Gasteiger partial charge in [0.05, 0.1) is 12.8 Å². The van der Waals surface area contributed by atoms with Crippen LogP contribution in [0.1, 0.15) is 27.2 Å². The number of furan rings is 1. The highest BCUT2D eigenvalue weighted by molar-refractivity contribution is 5.94. The molecule has 3 aromatic rings. The van der Waals surface area contributed by atoms with E-state index in [1.54, 1.807) is 42.5 Å². The van der Waals surface area contributed by atoms with E-state index in [1.807, 2.05) is 54.6 Å². The van der Waals surface area contributed by atoms with Crippen LogP contribution < -0.4 is 5.32 Å². The zero-order valence-corrected chi connectivity index (χ0v) is 15.7. The minimum absolute atomic E-state index is 0.115. The summed E-state index contributed by atoms with van der Waals surface area (Å²) in [6.45, 7) is 0.876. The molecule has 5 nitrogen and oxygen atoms in total. The van der Waals surface area contributed by atoms with Crippen molar-refractivity contribution in [1.82, 2.24) is 10.2 Å². The summed E-state index contributed by atoms with van der Waals surface area (Å²) in [4.78, 5) is 26.1. The third-order valence-electron chi connectivity index (χ3n) is 4.27. The van der Waals surface area contributed by atoms with E-state index < -0.39 is 0 Å². The molecule has 0 aliphatic carbocycles. The third-order valence-corrected chi connectivity index (χ3v) is 4.27. The van der Waals surface area contributed by atoms with Crippen LogP contribution in [0.3, 0.4) is 0 Å². The average Bonchev–Trinajstić information content (AvgIpc) is 3.25. The van der Waals surface area contributed by atoms with Crippen molar-refractivity contribution in [3.05, 3.63) is 102 Å². The summed E-state index contributed by atoms with van der Waals surface area (Å²) in [5, 5.41) is 2.58. The van der Waals surface area contributed by atoms with Crippen molar-refractivity contribution in [2.75, 3.05) is 7.05 Å². The number of benzene rings is 2. The van der Waals surface area contributed by atoms with Gasteiger partial charge in [-0.25, -0.2) is 0 Å². The predicted octanol–water partition coefficient (Wildman–Crippen LogP) is 3.88. The number of nitrogens with one attached hydrogen (secondary N) is 1. The molecule has 5 heteroatoms. The van der Waals surface area contributed by atoms with E-state index in [9.17, 15) is 9.59 Å². The SMILES string of the molecule is CNC(=O)c1ccc(/C=C/C(=O)N(Cc2ccccc2)Cc2ccco2)cc1. The lowest BCUT2D eigenvalue weighted by atomic mass is 10.1. The van der Waals surface area contributed by atoms with Crippen LogP contribution in [0.15, 0.2) is 83.5 Å². The second kappa shape index (κ2) is 9.37. The zero-order chi connectivity index (χ0) is 19.8. The number of carbonyl (C=O) groups excluding carboxylic acids is 2. The molecule has 0 radical (unpaired) electrons. The topological polar surface area (TPSA) is 62.6 Å². The molecule has 1 heterocycles. The van der Waals surface area contributed by atoms with E-state index in [-0.39, 0.29) is 11.8 Å². The Morgan fingerprint density at radius 3 is 2.36 bits per heavy atom. The molecular formula is C23H22N2O3. The minimum Gasteiger partial charge on any atom is -0.467 e. The molecule has 142 valence electrons. The highest BCUT2D eigenvalue weighted by atomic mass is 16.3. The van der Waals surface area contributed by atoms with E-state index in [1.165, 1.54) is 0 Å². The van der Waals surface area contributed by atoms with E-state index in [4.69, 9.17) is 4.42 Å². The summed E-state index contributed by atoms with van der Waals surface area (Å²) in [6, 6.07) is 20.6. The van der Waals surface area contributed by atoms with Crippen molar-refractivity contribution in [3.63, 3.8) is 0 Å². The predicted molar refractivity (Wildman–Crippen MR) is 108 cm³/mol. The molecule has 2 aromatic carbocycles. The van der Waals surface area contributed by atoms with E-state index in [0.717, 1.165) is 16.9 Å². The Kier molecular flexibility index (Phi) is 6.41. The van der Waals surface area contributed by atoms with Gasteiger partial charge in [-0.1, -0.05) is 42.5 Å². The largest absolute Gasteiger partial charge is 0.467 e. The molecule has 3 rings (SSSR count). The molecule has 0 saturated heterocycles. The van der Waals surface area contributed by atoms with Crippen LogP contribution in [0, 0.1) is 0 Å². The Labute approximate surface area is 164 Å². The maximum Gasteiger partial charge on any atom is 0.251 e. The van der Waals surface area contributed by atoms with Crippen molar-refractivity contribution in [1.29, 1.82) is 0 Å². The number of carbonyl (C=O) groups is 2. The summed E-state index contributed by atoms with van der Waals surface area (Å²) in [6.07, 6.45) is 4.89. The van der Waals surface area contributed by atoms with Crippen LogP contribution in [-0.2, 0) is 17.9 Å². The van der Waals surface area contributed by atoms with Gasteiger partial charge in [-0.2, -0.15) is 0 Å². The Morgan fingerprint density at radius 1 is 0.964 bits per heavy atom. The molecule has 28 heavy (non-hydrogen) atoms. The first kappa shape index (κ1) is 19.2. The first-order valence-corrected chi connectivity index (χ1v) is 9.01. The molecule has 0 fully saturated rings. The van der Waals surface area contributed by atoms with Gasteiger partial charge in [0, 0.05) is 25.2 Å². The monoisotopic (exact) mass is 374 g/mol. The molecule has 0 bridgehead atoms. The summed E-state index contributed by atoms with van der Waals surface area (Å²) in [5.41, 5.74) is 2.47.